The van der Waals surface area contributed by atoms with Crippen molar-refractivity contribution in [1.29, 1.82) is 0 Å². The number of nitrogens with zero attached hydrogens (tertiary/aromatic N) is 2. The topological polar surface area (TPSA) is 117 Å². The Morgan fingerprint density at radius 3 is 2.87 bits per heavy atom. The summed E-state index contributed by atoms with van der Waals surface area (Å²) < 4.78 is 5.11. The number of aromatic nitrogens is 3. The minimum atomic E-state index is -0.995. The average molecular weight is 424 g/mol. The van der Waals surface area contributed by atoms with E-state index in [0.717, 1.165) is 16.5 Å². The molecule has 0 aliphatic heterocycles. The quantitative estimate of drug-likeness (QED) is 0.387. The number of fused-ring (bicyclic) bond motifs is 2. The molecule has 0 saturated heterocycles. The molecule has 0 saturated carbocycles. The lowest BCUT2D eigenvalue weighted by atomic mass is 10.0. The number of carbonyl (C=O) groups is 2. The maximum atomic E-state index is 12.2. The van der Waals surface area contributed by atoms with Crippen LogP contribution in [0.3, 0.4) is 0 Å². The number of H-pyrrole nitrogens is 1. The van der Waals surface area contributed by atoms with Crippen LogP contribution in [0.25, 0.3) is 21.1 Å². The zero-order valence-corrected chi connectivity index (χ0v) is 17.2. The number of hydrogen-bond acceptors (Lipinski definition) is 7. The van der Waals surface area contributed by atoms with Crippen molar-refractivity contribution in [3.8, 4) is 0 Å². The van der Waals surface area contributed by atoms with Crippen LogP contribution in [0.1, 0.15) is 27.7 Å². The van der Waals surface area contributed by atoms with Crippen LogP contribution in [0.4, 0.5) is 5.82 Å². The number of benzene rings is 1. The maximum Gasteiger partial charge on any atom is 0.348 e. The third-order valence-electron chi connectivity index (χ3n) is 4.90. The van der Waals surface area contributed by atoms with Gasteiger partial charge in [-0.15, -0.1) is 11.3 Å². The summed E-state index contributed by atoms with van der Waals surface area (Å²) in [6, 6.07) is 6.84. The largest absolute Gasteiger partial charge is 0.480 e. The molecule has 1 unspecified atom stereocenters. The fourth-order valence-corrected chi connectivity index (χ4v) is 4.50. The molecule has 0 fully saturated rings. The van der Waals surface area contributed by atoms with Gasteiger partial charge in [0.15, 0.2) is 0 Å². The lowest BCUT2D eigenvalue weighted by Gasteiger charge is -2.15. The van der Waals surface area contributed by atoms with Crippen LogP contribution in [-0.4, -0.2) is 44.6 Å². The molecule has 4 rings (SSSR count). The van der Waals surface area contributed by atoms with Crippen LogP contribution in [0.2, 0.25) is 0 Å². The molecule has 0 radical (unpaired) electrons. The molecule has 0 aliphatic rings. The highest BCUT2D eigenvalue weighted by Gasteiger charge is 2.24. The van der Waals surface area contributed by atoms with Gasteiger partial charge in [-0.2, -0.15) is 0 Å². The second-order valence-corrected chi connectivity index (χ2v) is 7.78. The summed E-state index contributed by atoms with van der Waals surface area (Å²) in [5, 5.41) is 14.5. The molecule has 3 heterocycles. The molecule has 1 aromatic carbocycles. The number of thiophene rings is 1. The highest BCUT2D eigenvalue weighted by Crippen LogP contribution is 2.34. The van der Waals surface area contributed by atoms with E-state index in [9.17, 15) is 14.7 Å². The SMILES string of the molecule is CCOC(=O)c1sc2ncnc(NC(Cc3c[nH]c4ccccc34)C(=O)O)c2c1C. The molecule has 9 heteroatoms. The number of rotatable bonds is 7. The van der Waals surface area contributed by atoms with Crippen molar-refractivity contribution < 1.29 is 19.4 Å². The average Bonchev–Trinajstić information content (AvgIpc) is 3.29. The predicted molar refractivity (Wildman–Crippen MR) is 115 cm³/mol. The van der Waals surface area contributed by atoms with E-state index in [2.05, 4.69) is 20.3 Å². The van der Waals surface area contributed by atoms with Crippen LogP contribution in [-0.2, 0) is 16.0 Å². The van der Waals surface area contributed by atoms with Gasteiger partial charge in [-0.25, -0.2) is 19.6 Å². The Morgan fingerprint density at radius 2 is 2.10 bits per heavy atom. The molecule has 8 nitrogen and oxygen atoms in total. The molecule has 154 valence electrons. The van der Waals surface area contributed by atoms with E-state index in [-0.39, 0.29) is 13.0 Å². The summed E-state index contributed by atoms with van der Waals surface area (Å²) in [5.41, 5.74) is 2.52. The number of hydrogen-bond donors (Lipinski definition) is 3. The van der Waals surface area contributed by atoms with Crippen molar-refractivity contribution in [2.45, 2.75) is 26.3 Å². The standard InChI is InChI=1S/C21H20N4O4S/c1-3-29-21(28)17-11(2)16-18(23-10-24-19(16)30-17)25-15(20(26)27)8-12-9-22-14-7-5-4-6-13(12)14/h4-7,9-10,15,22H,3,8H2,1-2H3,(H,26,27)(H,23,24,25). The van der Waals surface area contributed by atoms with E-state index in [1.165, 1.54) is 17.7 Å². The van der Waals surface area contributed by atoms with Gasteiger partial charge in [-0.3, -0.25) is 0 Å². The summed E-state index contributed by atoms with van der Waals surface area (Å²) in [7, 11) is 0. The third kappa shape index (κ3) is 3.59. The molecule has 3 aromatic heterocycles. The van der Waals surface area contributed by atoms with Crippen molar-refractivity contribution in [1.82, 2.24) is 15.0 Å². The number of carbonyl (C=O) groups excluding carboxylic acids is 1. The van der Waals surface area contributed by atoms with Crippen molar-refractivity contribution >= 4 is 50.2 Å². The molecular formula is C21H20N4O4S. The lowest BCUT2D eigenvalue weighted by molar-refractivity contribution is -0.137. The second-order valence-electron chi connectivity index (χ2n) is 6.78. The lowest BCUT2D eigenvalue weighted by Crippen LogP contribution is -2.32. The minimum Gasteiger partial charge on any atom is -0.480 e. The zero-order valence-electron chi connectivity index (χ0n) is 16.4. The number of aromatic amines is 1. The minimum absolute atomic E-state index is 0.263. The molecule has 0 spiro atoms. The number of nitrogens with one attached hydrogen (secondary N) is 2. The van der Waals surface area contributed by atoms with Gasteiger partial charge >= 0.3 is 11.9 Å². The van der Waals surface area contributed by atoms with Gasteiger partial charge < -0.3 is 20.1 Å². The van der Waals surface area contributed by atoms with Crippen molar-refractivity contribution in [3.63, 3.8) is 0 Å². The molecule has 3 N–H and O–H groups in total. The molecule has 0 aliphatic carbocycles. The summed E-state index contributed by atoms with van der Waals surface area (Å²) >= 11 is 1.21. The van der Waals surface area contributed by atoms with E-state index in [1.807, 2.05) is 30.5 Å². The van der Waals surface area contributed by atoms with Crippen molar-refractivity contribution in [2.75, 3.05) is 11.9 Å². The highest BCUT2D eigenvalue weighted by atomic mass is 32.1. The first-order chi connectivity index (χ1) is 14.5. The number of para-hydroxylation sites is 1. The smallest absolute Gasteiger partial charge is 0.348 e. The number of aryl methyl sites for hydroxylation is 1. The summed E-state index contributed by atoms with van der Waals surface area (Å²) in [4.78, 5) is 36.9. The number of carboxylic acids is 1. The monoisotopic (exact) mass is 424 g/mol. The summed E-state index contributed by atoms with van der Waals surface area (Å²) in [5.74, 6) is -1.03. The number of carboxylic acid groups (broad SMARTS) is 1. The normalized spacial score (nSPS) is 12.2. The third-order valence-corrected chi connectivity index (χ3v) is 6.08. The Morgan fingerprint density at radius 1 is 1.30 bits per heavy atom. The van der Waals surface area contributed by atoms with Gasteiger partial charge in [-0.1, -0.05) is 18.2 Å². The van der Waals surface area contributed by atoms with Gasteiger partial charge in [-0.05, 0) is 31.0 Å². The fraction of sp³-hybridized carbons (Fsp3) is 0.238. The van der Waals surface area contributed by atoms with Crippen LogP contribution >= 0.6 is 11.3 Å². The zero-order chi connectivity index (χ0) is 21.3. The van der Waals surface area contributed by atoms with Crippen molar-refractivity contribution in [2.24, 2.45) is 0 Å². The Balaban J connectivity index is 1.68. The van der Waals surface area contributed by atoms with Gasteiger partial charge in [0.2, 0.25) is 0 Å². The number of aliphatic carboxylic acids is 1. The van der Waals surface area contributed by atoms with E-state index < -0.39 is 18.0 Å². The Labute approximate surface area is 175 Å². The van der Waals surface area contributed by atoms with Crippen LogP contribution in [0.5, 0.6) is 0 Å². The number of ether oxygens (including phenoxy) is 1. The van der Waals surface area contributed by atoms with Gasteiger partial charge in [0.1, 0.15) is 27.9 Å². The first-order valence-electron chi connectivity index (χ1n) is 9.45. The summed E-state index contributed by atoms with van der Waals surface area (Å²) in [6.45, 7) is 3.81. The van der Waals surface area contributed by atoms with Crippen LogP contribution in [0, 0.1) is 6.92 Å². The maximum absolute atomic E-state index is 12.2. The van der Waals surface area contributed by atoms with E-state index in [0.29, 0.717) is 26.5 Å². The van der Waals surface area contributed by atoms with Crippen LogP contribution < -0.4 is 5.32 Å². The highest BCUT2D eigenvalue weighted by molar-refractivity contribution is 7.20. The molecule has 1 atom stereocenters. The fourth-order valence-electron chi connectivity index (χ4n) is 3.46. The van der Waals surface area contributed by atoms with Gasteiger partial charge in [0.05, 0.1) is 12.0 Å². The van der Waals surface area contributed by atoms with E-state index >= 15 is 0 Å². The Bertz CT molecular complexity index is 1250. The Kier molecular flexibility index (Phi) is 5.37. The molecule has 30 heavy (non-hydrogen) atoms. The second kappa shape index (κ2) is 8.11. The molecule has 0 amide bonds. The molecule has 0 bridgehead atoms. The summed E-state index contributed by atoms with van der Waals surface area (Å²) in [6.07, 6.45) is 3.45. The van der Waals surface area contributed by atoms with Crippen LogP contribution in [0.15, 0.2) is 36.8 Å². The number of anilines is 1. The van der Waals surface area contributed by atoms with Gasteiger partial charge in [0, 0.05) is 23.5 Å². The Hall–Kier alpha value is -3.46. The van der Waals surface area contributed by atoms with Crippen molar-refractivity contribution in [3.05, 3.63) is 52.8 Å². The molecule has 4 aromatic rings. The van der Waals surface area contributed by atoms with E-state index in [4.69, 9.17) is 4.74 Å². The van der Waals surface area contributed by atoms with Gasteiger partial charge in [0.25, 0.3) is 0 Å². The van der Waals surface area contributed by atoms with E-state index in [1.54, 1.807) is 13.8 Å². The first-order valence-corrected chi connectivity index (χ1v) is 10.3. The predicted octanol–water partition coefficient (Wildman–Crippen LogP) is 3.77. The first kappa shape index (κ1) is 19.8. The molecular weight excluding hydrogens is 404 g/mol. The number of esters is 1.